The highest BCUT2D eigenvalue weighted by atomic mass is 16.5. The third-order valence-corrected chi connectivity index (χ3v) is 4.13. The molecule has 0 aliphatic carbocycles. The van der Waals surface area contributed by atoms with Gasteiger partial charge in [0.15, 0.2) is 0 Å². The van der Waals surface area contributed by atoms with Crippen molar-refractivity contribution in [2.24, 2.45) is 0 Å². The lowest BCUT2D eigenvalue weighted by atomic mass is 9.75. The Hall–Kier alpha value is -0.940. The summed E-state index contributed by atoms with van der Waals surface area (Å²) in [6, 6.07) is 0. The highest BCUT2D eigenvalue weighted by molar-refractivity contribution is 5.08. The average Bonchev–Trinajstić information content (AvgIpc) is 2.92. The maximum Gasteiger partial charge on any atom is 0.233 e. The summed E-state index contributed by atoms with van der Waals surface area (Å²) in [6.45, 7) is 6.33. The van der Waals surface area contributed by atoms with Crippen molar-refractivity contribution in [1.29, 1.82) is 0 Å². The second-order valence-electron chi connectivity index (χ2n) is 5.37. The molecule has 1 atom stereocenters. The smallest absolute Gasteiger partial charge is 0.233 e. The zero-order valence-electron chi connectivity index (χ0n) is 12.2. The van der Waals surface area contributed by atoms with E-state index < -0.39 is 0 Å². The first-order valence-electron chi connectivity index (χ1n) is 7.33. The van der Waals surface area contributed by atoms with Crippen LogP contribution < -0.4 is 5.32 Å². The molecule has 1 N–H and O–H groups in total. The molecule has 1 aliphatic rings. The molecule has 1 aliphatic heterocycles. The van der Waals surface area contributed by atoms with Gasteiger partial charge in [-0.2, -0.15) is 4.98 Å². The second kappa shape index (κ2) is 6.48. The van der Waals surface area contributed by atoms with Gasteiger partial charge in [0, 0.05) is 7.11 Å². The molecule has 1 unspecified atom stereocenters. The summed E-state index contributed by atoms with van der Waals surface area (Å²) in [6.07, 6.45) is 5.20. The van der Waals surface area contributed by atoms with Crippen molar-refractivity contribution in [1.82, 2.24) is 15.5 Å². The first-order chi connectivity index (χ1) is 9.25. The number of methoxy groups -OCH3 is 1. The van der Waals surface area contributed by atoms with E-state index in [9.17, 15) is 0 Å². The molecule has 1 aromatic heterocycles. The topological polar surface area (TPSA) is 60.2 Å². The van der Waals surface area contributed by atoms with Crippen molar-refractivity contribution in [3.05, 3.63) is 11.7 Å². The number of ether oxygens (including phenoxy) is 1. The summed E-state index contributed by atoms with van der Waals surface area (Å²) in [5.74, 6) is 1.50. The zero-order valence-corrected chi connectivity index (χ0v) is 12.2. The van der Waals surface area contributed by atoms with Gasteiger partial charge in [-0.15, -0.1) is 0 Å². The van der Waals surface area contributed by atoms with E-state index in [1.54, 1.807) is 7.11 Å². The van der Waals surface area contributed by atoms with Gasteiger partial charge in [-0.05, 0) is 38.8 Å². The van der Waals surface area contributed by atoms with Gasteiger partial charge in [-0.3, -0.25) is 0 Å². The number of piperidine rings is 1. The van der Waals surface area contributed by atoms with Crippen LogP contribution in [0.5, 0.6) is 0 Å². The molecule has 2 rings (SSSR count). The highest BCUT2D eigenvalue weighted by Crippen LogP contribution is 2.37. The first-order valence-corrected chi connectivity index (χ1v) is 7.33. The Balaban J connectivity index is 2.22. The standard InChI is InChI=1S/C14H25N3O2/c1-4-6-14(7-9-15-10-8-14)13-16-12(17-19-13)11(5-2)18-3/h11,15H,4-10H2,1-3H3. The summed E-state index contributed by atoms with van der Waals surface area (Å²) < 4.78 is 11.0. The minimum absolute atomic E-state index is 0.0575. The molecule has 19 heavy (non-hydrogen) atoms. The van der Waals surface area contributed by atoms with Crippen LogP contribution in [0.25, 0.3) is 0 Å². The van der Waals surface area contributed by atoms with Crippen LogP contribution in [0.2, 0.25) is 0 Å². The zero-order chi connectivity index (χ0) is 13.7. The van der Waals surface area contributed by atoms with E-state index in [0.717, 1.165) is 51.1 Å². The molecule has 0 aromatic carbocycles. The van der Waals surface area contributed by atoms with Gasteiger partial charge >= 0.3 is 0 Å². The highest BCUT2D eigenvalue weighted by Gasteiger charge is 2.38. The van der Waals surface area contributed by atoms with Crippen molar-refractivity contribution in [3.63, 3.8) is 0 Å². The molecule has 0 amide bonds. The third-order valence-electron chi connectivity index (χ3n) is 4.13. The number of nitrogens with one attached hydrogen (secondary N) is 1. The van der Waals surface area contributed by atoms with Gasteiger partial charge in [0.2, 0.25) is 11.7 Å². The fourth-order valence-corrected chi connectivity index (χ4v) is 2.99. The molecule has 5 heteroatoms. The summed E-state index contributed by atoms with van der Waals surface area (Å²) in [5.41, 5.74) is 0.0667. The average molecular weight is 267 g/mol. The van der Waals surface area contributed by atoms with Crippen LogP contribution in [0.4, 0.5) is 0 Å². The predicted octanol–water partition coefficient (Wildman–Crippen LogP) is 2.59. The molecule has 0 radical (unpaired) electrons. The monoisotopic (exact) mass is 267 g/mol. The fourth-order valence-electron chi connectivity index (χ4n) is 2.99. The van der Waals surface area contributed by atoms with Crippen LogP contribution in [0.3, 0.4) is 0 Å². The van der Waals surface area contributed by atoms with Gasteiger partial charge in [-0.25, -0.2) is 0 Å². The largest absolute Gasteiger partial charge is 0.373 e. The van der Waals surface area contributed by atoms with Crippen LogP contribution in [-0.4, -0.2) is 30.3 Å². The Morgan fingerprint density at radius 3 is 2.68 bits per heavy atom. The van der Waals surface area contributed by atoms with Crippen LogP contribution in [0.1, 0.15) is 63.8 Å². The van der Waals surface area contributed by atoms with Gasteiger partial charge in [0.1, 0.15) is 6.10 Å². The molecule has 108 valence electrons. The van der Waals surface area contributed by atoms with E-state index in [2.05, 4.69) is 29.3 Å². The van der Waals surface area contributed by atoms with Gasteiger partial charge in [0.25, 0.3) is 0 Å². The van der Waals surface area contributed by atoms with Crippen molar-refractivity contribution in [2.45, 2.75) is 57.5 Å². The Kier molecular flexibility index (Phi) is 4.93. The second-order valence-corrected chi connectivity index (χ2v) is 5.37. The molecule has 1 fully saturated rings. The molecule has 2 heterocycles. The van der Waals surface area contributed by atoms with E-state index in [4.69, 9.17) is 9.26 Å². The van der Waals surface area contributed by atoms with E-state index in [1.165, 1.54) is 0 Å². The van der Waals surface area contributed by atoms with E-state index in [-0.39, 0.29) is 11.5 Å². The summed E-state index contributed by atoms with van der Waals surface area (Å²) >= 11 is 0. The maximum atomic E-state index is 5.58. The van der Waals surface area contributed by atoms with Gasteiger partial charge < -0.3 is 14.6 Å². The SMILES string of the molecule is CCCC1(c2nc(C(CC)OC)no2)CCNCC1. The number of aromatic nitrogens is 2. The quantitative estimate of drug-likeness (QED) is 0.858. The number of nitrogens with zero attached hydrogens (tertiary/aromatic N) is 2. The number of rotatable bonds is 6. The fraction of sp³-hybridized carbons (Fsp3) is 0.857. The molecule has 5 nitrogen and oxygen atoms in total. The number of hydrogen-bond acceptors (Lipinski definition) is 5. The predicted molar refractivity (Wildman–Crippen MR) is 73.0 cm³/mol. The lowest BCUT2D eigenvalue weighted by molar-refractivity contribution is 0.0903. The minimum Gasteiger partial charge on any atom is -0.373 e. The Morgan fingerprint density at radius 2 is 2.11 bits per heavy atom. The van der Waals surface area contributed by atoms with Crippen LogP contribution in [0.15, 0.2) is 4.52 Å². The molecule has 1 aromatic rings. The molecule has 1 saturated heterocycles. The van der Waals surface area contributed by atoms with Crippen molar-refractivity contribution < 1.29 is 9.26 Å². The minimum atomic E-state index is -0.0575. The summed E-state index contributed by atoms with van der Waals surface area (Å²) in [4.78, 5) is 4.64. The van der Waals surface area contributed by atoms with Crippen LogP contribution in [0, 0.1) is 0 Å². The molecular formula is C14H25N3O2. The first kappa shape index (κ1) is 14.5. The van der Waals surface area contributed by atoms with Gasteiger partial charge in [-0.1, -0.05) is 25.4 Å². The Morgan fingerprint density at radius 1 is 1.37 bits per heavy atom. The molecule has 0 bridgehead atoms. The molecular weight excluding hydrogens is 242 g/mol. The Bertz CT molecular complexity index is 376. The van der Waals surface area contributed by atoms with Crippen molar-refractivity contribution in [3.8, 4) is 0 Å². The lowest BCUT2D eigenvalue weighted by Crippen LogP contribution is -2.40. The normalized spacial score (nSPS) is 20.4. The van der Waals surface area contributed by atoms with Crippen molar-refractivity contribution >= 4 is 0 Å². The molecule has 0 spiro atoms. The Labute approximate surface area is 115 Å². The van der Waals surface area contributed by atoms with Crippen LogP contribution >= 0.6 is 0 Å². The maximum absolute atomic E-state index is 5.58. The lowest BCUT2D eigenvalue weighted by Gasteiger charge is -2.34. The summed E-state index contributed by atoms with van der Waals surface area (Å²) in [7, 11) is 1.69. The van der Waals surface area contributed by atoms with E-state index in [1.807, 2.05) is 0 Å². The van der Waals surface area contributed by atoms with E-state index >= 15 is 0 Å². The van der Waals surface area contributed by atoms with Gasteiger partial charge in [0.05, 0.1) is 5.41 Å². The third kappa shape index (κ3) is 2.98. The van der Waals surface area contributed by atoms with E-state index in [0.29, 0.717) is 5.82 Å². The number of hydrogen-bond donors (Lipinski definition) is 1. The van der Waals surface area contributed by atoms with Crippen LogP contribution in [-0.2, 0) is 10.2 Å². The summed E-state index contributed by atoms with van der Waals surface area (Å²) in [5, 5.41) is 7.53. The molecule has 0 saturated carbocycles. The van der Waals surface area contributed by atoms with Crippen molar-refractivity contribution in [2.75, 3.05) is 20.2 Å².